The Morgan fingerprint density at radius 1 is 1.39 bits per heavy atom. The van der Waals surface area contributed by atoms with Gasteiger partial charge < -0.3 is 10.6 Å². The van der Waals surface area contributed by atoms with Crippen LogP contribution in [0.4, 0.5) is 5.00 Å². The molecule has 100 valence electrons. The normalized spacial score (nSPS) is 14.8. The molecule has 18 heavy (non-hydrogen) atoms. The van der Waals surface area contributed by atoms with Crippen molar-refractivity contribution in [1.82, 2.24) is 4.90 Å². The number of carbonyl (C=O) groups is 1. The monoisotopic (exact) mass is 266 g/mol. The van der Waals surface area contributed by atoms with Crippen LogP contribution in [0.3, 0.4) is 0 Å². The number of rotatable bonds is 6. The van der Waals surface area contributed by atoms with E-state index in [2.05, 4.69) is 19.2 Å². The van der Waals surface area contributed by atoms with Gasteiger partial charge in [-0.15, -0.1) is 11.3 Å². The molecule has 0 saturated heterocycles. The highest BCUT2D eigenvalue weighted by Crippen LogP contribution is 2.45. The summed E-state index contributed by atoms with van der Waals surface area (Å²) in [4.78, 5) is 14.6. The highest BCUT2D eigenvalue weighted by atomic mass is 32.1. The fourth-order valence-corrected chi connectivity index (χ4v) is 3.21. The first-order valence-corrected chi connectivity index (χ1v) is 7.73. The van der Waals surface area contributed by atoms with Gasteiger partial charge in [-0.05, 0) is 42.5 Å². The van der Waals surface area contributed by atoms with Gasteiger partial charge in [0.2, 0.25) is 0 Å². The van der Waals surface area contributed by atoms with Crippen molar-refractivity contribution in [2.45, 2.75) is 45.4 Å². The molecule has 4 heteroatoms. The average molecular weight is 266 g/mol. The smallest absolute Gasteiger partial charge is 0.257 e. The lowest BCUT2D eigenvalue weighted by Crippen LogP contribution is -2.33. The van der Waals surface area contributed by atoms with Crippen molar-refractivity contribution in [2.24, 2.45) is 0 Å². The molecule has 1 aliphatic carbocycles. The molecule has 1 aromatic heterocycles. The maximum absolute atomic E-state index is 12.6. The molecule has 1 saturated carbocycles. The molecule has 0 bridgehead atoms. The molecule has 0 spiro atoms. The van der Waals surface area contributed by atoms with Crippen LogP contribution in [0.5, 0.6) is 0 Å². The van der Waals surface area contributed by atoms with Gasteiger partial charge in [0.15, 0.2) is 0 Å². The third-order valence-electron chi connectivity index (χ3n) is 3.35. The molecule has 0 radical (unpaired) electrons. The topological polar surface area (TPSA) is 46.3 Å². The van der Waals surface area contributed by atoms with Crippen molar-refractivity contribution in [3.05, 3.63) is 16.5 Å². The molecule has 1 amide bonds. The Hall–Kier alpha value is -1.03. The SMILES string of the molecule is CCCN(CCC)C(=O)c1c(C2CC2)csc1N. The Morgan fingerprint density at radius 3 is 2.50 bits per heavy atom. The standard InChI is InChI=1S/C14H22N2OS/c1-3-7-16(8-4-2)14(17)12-11(10-5-6-10)9-18-13(12)15/h9-10H,3-8,15H2,1-2H3. The number of nitrogens with two attached hydrogens (primary N) is 1. The number of nitrogens with zero attached hydrogens (tertiary/aromatic N) is 1. The second kappa shape index (κ2) is 5.74. The van der Waals surface area contributed by atoms with Crippen LogP contribution >= 0.6 is 11.3 Å². The van der Waals surface area contributed by atoms with Gasteiger partial charge in [0.05, 0.1) is 10.6 Å². The van der Waals surface area contributed by atoms with Crippen LogP contribution in [-0.4, -0.2) is 23.9 Å². The van der Waals surface area contributed by atoms with Crippen molar-refractivity contribution in [1.29, 1.82) is 0 Å². The molecule has 0 unspecified atom stereocenters. The van der Waals surface area contributed by atoms with Gasteiger partial charge in [0.1, 0.15) is 0 Å². The van der Waals surface area contributed by atoms with E-state index in [4.69, 9.17) is 5.73 Å². The zero-order valence-corrected chi connectivity index (χ0v) is 12.1. The van der Waals surface area contributed by atoms with Crippen LogP contribution in [0, 0.1) is 0 Å². The third-order valence-corrected chi connectivity index (χ3v) is 4.18. The molecule has 2 rings (SSSR count). The fraction of sp³-hybridized carbons (Fsp3) is 0.643. The first-order chi connectivity index (χ1) is 8.69. The summed E-state index contributed by atoms with van der Waals surface area (Å²) in [6.45, 7) is 5.86. The minimum absolute atomic E-state index is 0.138. The maximum atomic E-state index is 12.6. The molecular formula is C14H22N2OS. The first-order valence-electron chi connectivity index (χ1n) is 6.85. The molecule has 1 heterocycles. The maximum Gasteiger partial charge on any atom is 0.257 e. The summed E-state index contributed by atoms with van der Waals surface area (Å²) in [6, 6.07) is 0. The summed E-state index contributed by atoms with van der Waals surface area (Å²) in [5.41, 5.74) is 8.00. The highest BCUT2D eigenvalue weighted by molar-refractivity contribution is 7.14. The van der Waals surface area contributed by atoms with Gasteiger partial charge >= 0.3 is 0 Å². The van der Waals surface area contributed by atoms with Crippen molar-refractivity contribution in [3.8, 4) is 0 Å². The molecule has 0 aromatic carbocycles. The molecule has 1 fully saturated rings. The van der Waals surface area contributed by atoms with E-state index in [0.29, 0.717) is 10.9 Å². The van der Waals surface area contributed by atoms with E-state index in [-0.39, 0.29) is 5.91 Å². The van der Waals surface area contributed by atoms with Gasteiger partial charge in [-0.1, -0.05) is 13.8 Å². The van der Waals surface area contributed by atoms with Crippen LogP contribution in [-0.2, 0) is 0 Å². The van der Waals surface area contributed by atoms with E-state index in [1.54, 1.807) is 0 Å². The molecule has 1 aliphatic rings. The summed E-state index contributed by atoms with van der Waals surface area (Å²) in [5, 5.41) is 2.77. The van der Waals surface area contributed by atoms with Crippen LogP contribution in [0.2, 0.25) is 0 Å². The number of nitrogen functional groups attached to an aromatic ring is 1. The minimum atomic E-state index is 0.138. The van der Waals surface area contributed by atoms with Crippen molar-refractivity contribution < 1.29 is 4.79 Å². The summed E-state index contributed by atoms with van der Waals surface area (Å²) >= 11 is 1.51. The van der Waals surface area contributed by atoms with Crippen molar-refractivity contribution >= 4 is 22.2 Å². The second-order valence-corrected chi connectivity index (χ2v) is 5.91. The van der Waals surface area contributed by atoms with Gasteiger partial charge in [-0.25, -0.2) is 0 Å². The van der Waals surface area contributed by atoms with Crippen LogP contribution < -0.4 is 5.73 Å². The van der Waals surface area contributed by atoms with Gasteiger partial charge in [-0.3, -0.25) is 4.79 Å². The Kier molecular flexibility index (Phi) is 4.27. The number of carbonyl (C=O) groups excluding carboxylic acids is 1. The van der Waals surface area contributed by atoms with E-state index < -0.39 is 0 Å². The van der Waals surface area contributed by atoms with E-state index in [0.717, 1.165) is 31.5 Å². The van der Waals surface area contributed by atoms with E-state index >= 15 is 0 Å². The summed E-state index contributed by atoms with van der Waals surface area (Å²) in [6.07, 6.45) is 4.40. The summed E-state index contributed by atoms with van der Waals surface area (Å²) in [7, 11) is 0. The molecule has 3 nitrogen and oxygen atoms in total. The highest BCUT2D eigenvalue weighted by Gasteiger charge is 2.32. The molecule has 2 N–H and O–H groups in total. The third kappa shape index (κ3) is 2.69. The largest absolute Gasteiger partial charge is 0.390 e. The van der Waals surface area contributed by atoms with Crippen LogP contribution in [0.1, 0.15) is 61.4 Å². The number of amides is 1. The predicted molar refractivity (Wildman–Crippen MR) is 77.2 cm³/mol. The quantitative estimate of drug-likeness (QED) is 0.857. The number of thiophene rings is 1. The molecule has 1 aromatic rings. The first kappa shape index (κ1) is 13.4. The fourth-order valence-electron chi connectivity index (χ4n) is 2.32. The zero-order chi connectivity index (χ0) is 13.1. The van der Waals surface area contributed by atoms with Gasteiger partial charge in [-0.2, -0.15) is 0 Å². The zero-order valence-electron chi connectivity index (χ0n) is 11.2. The summed E-state index contributed by atoms with van der Waals surface area (Å²) in [5.74, 6) is 0.724. The summed E-state index contributed by atoms with van der Waals surface area (Å²) < 4.78 is 0. The Bertz CT molecular complexity index is 417. The minimum Gasteiger partial charge on any atom is -0.390 e. The molecule has 0 aliphatic heterocycles. The van der Waals surface area contributed by atoms with Crippen LogP contribution in [0.15, 0.2) is 5.38 Å². The van der Waals surface area contributed by atoms with E-state index in [1.165, 1.54) is 29.7 Å². The van der Waals surface area contributed by atoms with Gasteiger partial charge in [0, 0.05) is 13.1 Å². The Balaban J connectivity index is 2.22. The lowest BCUT2D eigenvalue weighted by Gasteiger charge is -2.22. The Morgan fingerprint density at radius 2 is 2.00 bits per heavy atom. The number of anilines is 1. The second-order valence-electron chi connectivity index (χ2n) is 5.00. The van der Waals surface area contributed by atoms with Crippen molar-refractivity contribution in [2.75, 3.05) is 18.8 Å². The lowest BCUT2D eigenvalue weighted by atomic mass is 10.1. The Labute approximate surface area is 113 Å². The lowest BCUT2D eigenvalue weighted by molar-refractivity contribution is 0.0756. The van der Waals surface area contributed by atoms with Gasteiger partial charge in [0.25, 0.3) is 5.91 Å². The molecule has 0 atom stereocenters. The van der Waals surface area contributed by atoms with Crippen molar-refractivity contribution in [3.63, 3.8) is 0 Å². The van der Waals surface area contributed by atoms with E-state index in [9.17, 15) is 4.79 Å². The predicted octanol–water partition coefficient (Wildman–Crippen LogP) is 3.47. The van der Waals surface area contributed by atoms with Crippen LogP contribution in [0.25, 0.3) is 0 Å². The number of hydrogen-bond acceptors (Lipinski definition) is 3. The number of hydrogen-bond donors (Lipinski definition) is 1. The average Bonchev–Trinajstić information content (AvgIpc) is 3.12. The van der Waals surface area contributed by atoms with E-state index in [1.807, 2.05) is 4.90 Å². The molecular weight excluding hydrogens is 244 g/mol.